The van der Waals surface area contributed by atoms with Crippen molar-refractivity contribution in [2.24, 2.45) is 0 Å². The van der Waals surface area contributed by atoms with Gasteiger partial charge in [0.05, 0.1) is 6.42 Å². The molecule has 6 nitrogen and oxygen atoms in total. The number of carbonyl (C=O) groups excluding carboxylic acids is 1. The summed E-state index contributed by atoms with van der Waals surface area (Å²) in [5, 5.41) is 2.88. The van der Waals surface area contributed by atoms with Gasteiger partial charge < -0.3 is 10.2 Å². The van der Waals surface area contributed by atoms with Crippen LogP contribution in [0.15, 0.2) is 73.1 Å². The van der Waals surface area contributed by atoms with E-state index < -0.39 is 0 Å². The van der Waals surface area contributed by atoms with Crippen LogP contribution in [0.2, 0.25) is 0 Å². The van der Waals surface area contributed by atoms with Crippen LogP contribution in [-0.4, -0.2) is 47.0 Å². The number of piperazine rings is 1. The van der Waals surface area contributed by atoms with Gasteiger partial charge in [-0.1, -0.05) is 60.7 Å². The molecule has 0 radical (unpaired) electrons. The van der Waals surface area contributed by atoms with E-state index in [2.05, 4.69) is 49.4 Å². The molecule has 0 spiro atoms. The second-order valence-corrected chi connectivity index (χ2v) is 7.22. The maximum atomic E-state index is 12.3. The summed E-state index contributed by atoms with van der Waals surface area (Å²) in [4.78, 5) is 25.6. The number of nitrogens with zero attached hydrogens (tertiary/aromatic N) is 4. The van der Waals surface area contributed by atoms with Crippen LogP contribution in [-0.2, 0) is 17.8 Å². The normalized spacial score (nSPS) is 14.6. The van der Waals surface area contributed by atoms with Gasteiger partial charge in [-0.05, 0) is 11.1 Å². The van der Waals surface area contributed by atoms with E-state index in [-0.39, 0.29) is 5.91 Å². The summed E-state index contributed by atoms with van der Waals surface area (Å²) in [6.07, 6.45) is 1.85. The number of aromatic nitrogens is 2. The minimum atomic E-state index is -0.0754. The zero-order valence-electron chi connectivity index (χ0n) is 16.4. The minimum absolute atomic E-state index is 0.0754. The smallest absolute Gasteiger partial charge is 0.229 e. The van der Waals surface area contributed by atoms with Crippen molar-refractivity contribution in [3.8, 4) is 0 Å². The van der Waals surface area contributed by atoms with E-state index >= 15 is 0 Å². The van der Waals surface area contributed by atoms with Crippen molar-refractivity contribution in [1.82, 2.24) is 14.9 Å². The Morgan fingerprint density at radius 1 is 0.862 bits per heavy atom. The molecule has 0 atom stereocenters. The lowest BCUT2D eigenvalue weighted by atomic mass is 10.1. The van der Waals surface area contributed by atoms with Gasteiger partial charge >= 0.3 is 0 Å². The van der Waals surface area contributed by atoms with Crippen molar-refractivity contribution in [1.29, 1.82) is 0 Å². The average molecular weight is 387 g/mol. The highest BCUT2D eigenvalue weighted by Crippen LogP contribution is 2.17. The lowest BCUT2D eigenvalue weighted by Crippen LogP contribution is -2.46. The molecule has 0 unspecified atom stereocenters. The molecule has 1 aromatic heterocycles. The van der Waals surface area contributed by atoms with Gasteiger partial charge in [0.25, 0.3) is 0 Å². The predicted octanol–water partition coefficient (Wildman–Crippen LogP) is 2.98. The third-order valence-electron chi connectivity index (χ3n) is 5.07. The SMILES string of the molecule is O=C(Cc1ccccc1)Nc1cc(N2CCN(Cc3ccccc3)CC2)ncn1. The molecule has 29 heavy (non-hydrogen) atoms. The zero-order chi connectivity index (χ0) is 19.9. The maximum Gasteiger partial charge on any atom is 0.229 e. The number of amides is 1. The Morgan fingerprint density at radius 2 is 1.52 bits per heavy atom. The van der Waals surface area contributed by atoms with Crippen molar-refractivity contribution < 1.29 is 4.79 Å². The molecule has 1 fully saturated rings. The van der Waals surface area contributed by atoms with Gasteiger partial charge in [0.2, 0.25) is 5.91 Å². The third-order valence-corrected chi connectivity index (χ3v) is 5.07. The van der Waals surface area contributed by atoms with Gasteiger partial charge in [-0.3, -0.25) is 9.69 Å². The van der Waals surface area contributed by atoms with Crippen molar-refractivity contribution in [3.05, 3.63) is 84.2 Å². The average Bonchev–Trinajstić information content (AvgIpc) is 2.76. The number of nitrogens with one attached hydrogen (secondary N) is 1. The van der Waals surface area contributed by atoms with Gasteiger partial charge in [-0.2, -0.15) is 0 Å². The molecule has 0 aliphatic carbocycles. The Morgan fingerprint density at radius 3 is 2.21 bits per heavy atom. The molecule has 6 heteroatoms. The van der Waals surface area contributed by atoms with Gasteiger partial charge in [0, 0.05) is 38.8 Å². The fourth-order valence-corrected chi connectivity index (χ4v) is 3.53. The van der Waals surface area contributed by atoms with E-state index in [9.17, 15) is 4.79 Å². The number of anilines is 2. The fraction of sp³-hybridized carbons (Fsp3) is 0.261. The number of hydrogen-bond donors (Lipinski definition) is 1. The van der Waals surface area contributed by atoms with Crippen molar-refractivity contribution >= 4 is 17.5 Å². The van der Waals surface area contributed by atoms with Gasteiger partial charge in [0.15, 0.2) is 0 Å². The quantitative estimate of drug-likeness (QED) is 0.705. The second-order valence-electron chi connectivity index (χ2n) is 7.22. The monoisotopic (exact) mass is 387 g/mol. The first kappa shape index (κ1) is 19.1. The molecular formula is C23H25N5O. The van der Waals surface area contributed by atoms with Crippen LogP contribution >= 0.6 is 0 Å². The molecule has 1 amide bonds. The second kappa shape index (κ2) is 9.30. The maximum absolute atomic E-state index is 12.3. The number of hydrogen-bond acceptors (Lipinski definition) is 5. The van der Waals surface area contributed by atoms with Crippen molar-refractivity contribution in [2.45, 2.75) is 13.0 Å². The summed E-state index contributed by atoms with van der Waals surface area (Å²) in [6, 6.07) is 22.1. The lowest BCUT2D eigenvalue weighted by Gasteiger charge is -2.35. The largest absolute Gasteiger partial charge is 0.354 e. The molecule has 148 valence electrons. The first-order chi connectivity index (χ1) is 14.3. The van der Waals surface area contributed by atoms with E-state index in [1.807, 2.05) is 42.5 Å². The Kier molecular flexibility index (Phi) is 6.12. The summed E-state index contributed by atoms with van der Waals surface area (Å²) >= 11 is 0. The lowest BCUT2D eigenvalue weighted by molar-refractivity contribution is -0.115. The number of rotatable bonds is 6. The van der Waals surface area contributed by atoms with Crippen molar-refractivity contribution in [2.75, 3.05) is 36.4 Å². The fourth-order valence-electron chi connectivity index (χ4n) is 3.53. The molecule has 1 aliphatic heterocycles. The highest BCUT2D eigenvalue weighted by atomic mass is 16.1. The molecule has 0 saturated carbocycles. The summed E-state index contributed by atoms with van der Waals surface area (Å²) in [7, 11) is 0. The van der Waals surface area contributed by atoms with Crippen LogP contribution in [0, 0.1) is 0 Å². The molecular weight excluding hydrogens is 362 g/mol. The topological polar surface area (TPSA) is 61.4 Å². The first-order valence-electron chi connectivity index (χ1n) is 9.93. The van der Waals surface area contributed by atoms with Gasteiger partial charge in [-0.15, -0.1) is 0 Å². The van der Waals surface area contributed by atoms with Crippen LogP contribution in [0.25, 0.3) is 0 Å². The Balaban J connectivity index is 1.31. The number of carbonyl (C=O) groups is 1. The summed E-state index contributed by atoms with van der Waals surface area (Å²) < 4.78 is 0. The highest BCUT2D eigenvalue weighted by Gasteiger charge is 2.19. The predicted molar refractivity (Wildman–Crippen MR) is 115 cm³/mol. The standard InChI is InChI=1S/C23H25N5O/c29-23(15-19-7-3-1-4-8-19)26-21-16-22(25-18-24-21)28-13-11-27(12-14-28)17-20-9-5-2-6-10-20/h1-10,16,18H,11-15,17H2,(H,24,25,26,29). The van der Waals surface area contributed by atoms with E-state index in [1.54, 1.807) is 0 Å². The number of benzene rings is 2. The third kappa shape index (κ3) is 5.39. The molecule has 4 rings (SSSR count). The van der Waals surface area contributed by atoms with Gasteiger partial charge in [0.1, 0.15) is 18.0 Å². The summed E-state index contributed by atoms with van der Waals surface area (Å²) in [5.41, 5.74) is 2.32. The molecule has 1 aliphatic rings. The molecule has 0 bridgehead atoms. The first-order valence-corrected chi connectivity index (χ1v) is 9.93. The van der Waals surface area contributed by atoms with Crippen LogP contribution in [0.4, 0.5) is 11.6 Å². The summed E-state index contributed by atoms with van der Waals surface area (Å²) in [6.45, 7) is 4.74. The van der Waals surface area contributed by atoms with Crippen LogP contribution in [0.3, 0.4) is 0 Å². The Bertz CT molecular complexity index is 924. The Hall–Kier alpha value is -3.25. The highest BCUT2D eigenvalue weighted by molar-refractivity contribution is 5.91. The van der Waals surface area contributed by atoms with E-state index in [1.165, 1.54) is 11.9 Å². The van der Waals surface area contributed by atoms with Crippen molar-refractivity contribution in [3.63, 3.8) is 0 Å². The van der Waals surface area contributed by atoms with E-state index in [4.69, 9.17) is 0 Å². The van der Waals surface area contributed by atoms with E-state index in [0.29, 0.717) is 12.2 Å². The van der Waals surface area contributed by atoms with Gasteiger partial charge in [-0.25, -0.2) is 9.97 Å². The van der Waals surface area contributed by atoms with Crippen LogP contribution in [0.1, 0.15) is 11.1 Å². The minimum Gasteiger partial charge on any atom is -0.354 e. The molecule has 3 aromatic rings. The van der Waals surface area contributed by atoms with E-state index in [0.717, 1.165) is 44.1 Å². The van der Waals surface area contributed by atoms with Crippen LogP contribution < -0.4 is 10.2 Å². The van der Waals surface area contributed by atoms with Crippen LogP contribution in [0.5, 0.6) is 0 Å². The molecule has 2 aromatic carbocycles. The molecule has 1 saturated heterocycles. The molecule has 2 heterocycles. The zero-order valence-corrected chi connectivity index (χ0v) is 16.4. The summed E-state index contributed by atoms with van der Waals surface area (Å²) in [5.74, 6) is 1.32. The Labute approximate surface area is 171 Å². The molecule has 1 N–H and O–H groups in total.